The number of thiazole rings is 1. The van der Waals surface area contributed by atoms with Crippen LogP contribution in [-0.4, -0.2) is 10.9 Å². The summed E-state index contributed by atoms with van der Waals surface area (Å²) in [7, 11) is 0. The normalized spacial score (nSPS) is 12.1. The summed E-state index contributed by atoms with van der Waals surface area (Å²) in [5.41, 5.74) is 2.08. The van der Waals surface area contributed by atoms with Crippen molar-refractivity contribution in [2.24, 2.45) is 5.92 Å². The average molecular weight is 274 g/mol. The summed E-state index contributed by atoms with van der Waals surface area (Å²) in [6.07, 6.45) is 0.860. The van der Waals surface area contributed by atoms with Crippen LogP contribution in [0.5, 0.6) is 0 Å². The molecule has 0 saturated heterocycles. The van der Waals surface area contributed by atoms with Crippen molar-refractivity contribution in [3.63, 3.8) is 0 Å². The third-order valence-electron chi connectivity index (χ3n) is 3.10. The zero-order valence-corrected chi connectivity index (χ0v) is 12.0. The van der Waals surface area contributed by atoms with Crippen LogP contribution in [0.25, 0.3) is 11.3 Å². The van der Waals surface area contributed by atoms with Crippen molar-refractivity contribution in [1.82, 2.24) is 10.3 Å². The van der Waals surface area contributed by atoms with E-state index < -0.39 is 0 Å². The fourth-order valence-corrected chi connectivity index (χ4v) is 2.40. The molecule has 100 valence electrons. The quantitative estimate of drug-likeness (QED) is 0.907. The number of rotatable bonds is 5. The van der Waals surface area contributed by atoms with Gasteiger partial charge in [0, 0.05) is 16.9 Å². The zero-order chi connectivity index (χ0) is 13.7. The van der Waals surface area contributed by atoms with Gasteiger partial charge >= 0.3 is 0 Å². The van der Waals surface area contributed by atoms with E-state index in [-0.39, 0.29) is 11.8 Å². The molecule has 3 nitrogen and oxygen atoms in total. The molecule has 19 heavy (non-hydrogen) atoms. The Kier molecular flexibility index (Phi) is 4.68. The minimum Gasteiger partial charge on any atom is -0.349 e. The van der Waals surface area contributed by atoms with Crippen LogP contribution in [-0.2, 0) is 11.3 Å². The van der Waals surface area contributed by atoms with Gasteiger partial charge in [-0.15, -0.1) is 11.3 Å². The van der Waals surface area contributed by atoms with Gasteiger partial charge in [0.15, 0.2) is 0 Å². The molecule has 1 unspecified atom stereocenters. The van der Waals surface area contributed by atoms with Crippen molar-refractivity contribution >= 4 is 17.2 Å². The summed E-state index contributed by atoms with van der Waals surface area (Å²) in [4.78, 5) is 16.2. The number of nitrogens with one attached hydrogen (secondary N) is 1. The van der Waals surface area contributed by atoms with E-state index in [0.717, 1.165) is 22.7 Å². The summed E-state index contributed by atoms with van der Waals surface area (Å²) in [6, 6.07) is 10.1. The van der Waals surface area contributed by atoms with E-state index in [1.165, 1.54) is 0 Å². The van der Waals surface area contributed by atoms with Crippen LogP contribution in [0.2, 0.25) is 0 Å². The highest BCUT2D eigenvalue weighted by Crippen LogP contribution is 2.21. The lowest BCUT2D eigenvalue weighted by molar-refractivity contribution is -0.124. The molecule has 4 heteroatoms. The van der Waals surface area contributed by atoms with Crippen LogP contribution < -0.4 is 5.32 Å². The van der Waals surface area contributed by atoms with Crippen LogP contribution in [0.1, 0.15) is 25.3 Å². The van der Waals surface area contributed by atoms with Crippen molar-refractivity contribution in [2.45, 2.75) is 26.8 Å². The van der Waals surface area contributed by atoms with Gasteiger partial charge in [-0.25, -0.2) is 4.98 Å². The number of amides is 1. The Bertz CT molecular complexity index is 536. The molecule has 0 bridgehead atoms. The van der Waals surface area contributed by atoms with Gasteiger partial charge in [-0.1, -0.05) is 44.2 Å². The molecule has 0 aliphatic heterocycles. The Balaban J connectivity index is 1.97. The second kappa shape index (κ2) is 6.48. The molecule has 1 amide bonds. The predicted molar refractivity (Wildman–Crippen MR) is 78.9 cm³/mol. The van der Waals surface area contributed by atoms with E-state index in [2.05, 4.69) is 10.3 Å². The fourth-order valence-electron chi connectivity index (χ4n) is 1.66. The molecule has 1 N–H and O–H groups in total. The Morgan fingerprint density at radius 3 is 2.79 bits per heavy atom. The third-order valence-corrected chi connectivity index (χ3v) is 3.94. The van der Waals surface area contributed by atoms with Crippen LogP contribution in [0.15, 0.2) is 35.7 Å². The minimum atomic E-state index is 0.0635. The van der Waals surface area contributed by atoms with E-state index in [9.17, 15) is 4.79 Å². The molecule has 0 aliphatic rings. The third kappa shape index (κ3) is 3.64. The van der Waals surface area contributed by atoms with Gasteiger partial charge in [-0.3, -0.25) is 4.79 Å². The zero-order valence-electron chi connectivity index (χ0n) is 11.2. The predicted octanol–water partition coefficient (Wildman–Crippen LogP) is 3.47. The molecule has 1 atom stereocenters. The van der Waals surface area contributed by atoms with Gasteiger partial charge in [0.2, 0.25) is 5.91 Å². The van der Waals surface area contributed by atoms with E-state index in [1.807, 2.05) is 49.6 Å². The van der Waals surface area contributed by atoms with E-state index in [1.54, 1.807) is 11.3 Å². The first kappa shape index (κ1) is 13.7. The van der Waals surface area contributed by atoms with Gasteiger partial charge in [-0.2, -0.15) is 0 Å². The van der Waals surface area contributed by atoms with Crippen LogP contribution >= 0.6 is 11.3 Å². The lowest BCUT2D eigenvalue weighted by Gasteiger charge is -2.08. The molecule has 1 aromatic heterocycles. The number of carbonyl (C=O) groups is 1. The first-order chi connectivity index (χ1) is 9.20. The van der Waals surface area contributed by atoms with Crippen LogP contribution in [0.4, 0.5) is 0 Å². The number of carbonyl (C=O) groups excluding carboxylic acids is 1. The Labute approximate surface area is 117 Å². The Morgan fingerprint density at radius 2 is 2.11 bits per heavy atom. The number of hydrogen-bond acceptors (Lipinski definition) is 3. The molecule has 0 spiro atoms. The maximum Gasteiger partial charge on any atom is 0.223 e. The monoisotopic (exact) mass is 274 g/mol. The highest BCUT2D eigenvalue weighted by Gasteiger charge is 2.11. The molecule has 0 aliphatic carbocycles. The molecule has 0 radical (unpaired) electrons. The maximum atomic E-state index is 11.7. The van der Waals surface area contributed by atoms with E-state index >= 15 is 0 Å². The molecular weight excluding hydrogens is 256 g/mol. The summed E-state index contributed by atoms with van der Waals surface area (Å²) in [6.45, 7) is 4.47. The fraction of sp³-hybridized carbons (Fsp3) is 0.333. The SMILES string of the molecule is CCC(C)C(=O)NCc1nc(-c2ccccc2)cs1. The van der Waals surface area contributed by atoms with Crippen molar-refractivity contribution in [3.8, 4) is 11.3 Å². The summed E-state index contributed by atoms with van der Waals surface area (Å²) >= 11 is 1.58. The molecule has 1 heterocycles. The average Bonchev–Trinajstić information content (AvgIpc) is 2.93. The smallest absolute Gasteiger partial charge is 0.223 e. The summed E-state index contributed by atoms with van der Waals surface area (Å²) in [5.74, 6) is 0.160. The lowest BCUT2D eigenvalue weighted by Crippen LogP contribution is -2.28. The number of benzene rings is 1. The number of hydrogen-bond donors (Lipinski definition) is 1. The van der Waals surface area contributed by atoms with Crippen molar-refractivity contribution in [3.05, 3.63) is 40.7 Å². The molecular formula is C15H18N2OS. The lowest BCUT2D eigenvalue weighted by atomic mass is 10.1. The highest BCUT2D eigenvalue weighted by atomic mass is 32.1. The van der Waals surface area contributed by atoms with Crippen LogP contribution in [0, 0.1) is 5.92 Å². The molecule has 0 saturated carbocycles. The van der Waals surface area contributed by atoms with Gasteiger partial charge in [0.1, 0.15) is 5.01 Å². The maximum absolute atomic E-state index is 11.7. The summed E-state index contributed by atoms with van der Waals surface area (Å²) < 4.78 is 0. The van der Waals surface area contributed by atoms with Gasteiger partial charge in [-0.05, 0) is 6.42 Å². The van der Waals surface area contributed by atoms with Gasteiger partial charge in [0.05, 0.1) is 12.2 Å². The number of nitrogens with zero attached hydrogens (tertiary/aromatic N) is 1. The van der Waals surface area contributed by atoms with Crippen LogP contribution in [0.3, 0.4) is 0 Å². The molecule has 2 rings (SSSR count). The summed E-state index contributed by atoms with van der Waals surface area (Å²) in [5, 5.41) is 5.89. The molecule has 0 fully saturated rings. The second-order valence-corrected chi connectivity index (χ2v) is 5.46. The topological polar surface area (TPSA) is 42.0 Å². The standard InChI is InChI=1S/C15H18N2OS/c1-3-11(2)15(18)16-9-14-17-13(10-19-14)12-7-5-4-6-8-12/h4-8,10-11H,3,9H2,1-2H3,(H,16,18). The van der Waals surface area contributed by atoms with E-state index in [0.29, 0.717) is 6.54 Å². The van der Waals surface area contributed by atoms with Crippen molar-refractivity contribution in [1.29, 1.82) is 0 Å². The Hall–Kier alpha value is -1.68. The van der Waals surface area contributed by atoms with E-state index in [4.69, 9.17) is 0 Å². The first-order valence-corrected chi connectivity index (χ1v) is 7.36. The number of aromatic nitrogens is 1. The van der Waals surface area contributed by atoms with Crippen molar-refractivity contribution < 1.29 is 4.79 Å². The van der Waals surface area contributed by atoms with Crippen molar-refractivity contribution in [2.75, 3.05) is 0 Å². The first-order valence-electron chi connectivity index (χ1n) is 6.48. The molecule has 2 aromatic rings. The molecule has 1 aromatic carbocycles. The highest BCUT2D eigenvalue weighted by molar-refractivity contribution is 7.09. The largest absolute Gasteiger partial charge is 0.349 e. The Morgan fingerprint density at radius 1 is 1.37 bits per heavy atom. The minimum absolute atomic E-state index is 0.0635. The second-order valence-electron chi connectivity index (χ2n) is 4.52. The van der Waals surface area contributed by atoms with Gasteiger partial charge in [0.25, 0.3) is 0 Å². The van der Waals surface area contributed by atoms with Gasteiger partial charge < -0.3 is 5.32 Å².